The van der Waals surface area contributed by atoms with Gasteiger partial charge < -0.3 is 7.96 Å². The molecule has 1 aliphatic heterocycles. The zero-order valence-electron chi connectivity index (χ0n) is 7.72. The van der Waals surface area contributed by atoms with Crippen molar-refractivity contribution < 1.29 is 116 Å². The van der Waals surface area contributed by atoms with E-state index in [-0.39, 0.29) is 106 Å². The second kappa shape index (κ2) is 7.58. The largest absolute Gasteiger partial charge is 1.00 e. The van der Waals surface area contributed by atoms with Gasteiger partial charge in [0.05, 0.1) is 0 Å². The average Bonchev–Trinajstić information content (AvgIpc) is 2.12. The average molecular weight is 194 g/mol. The Morgan fingerprint density at radius 1 is 1.30 bits per heavy atom. The first-order valence-electron chi connectivity index (χ1n) is 1.83. The summed E-state index contributed by atoms with van der Waals surface area (Å²) in [6, 6.07) is 0. The van der Waals surface area contributed by atoms with Gasteiger partial charge in [-0.05, 0) is 10.4 Å². The second-order valence-electron chi connectivity index (χ2n) is 1.12. The third kappa shape index (κ3) is 4.75. The molecule has 1 aliphatic rings. The van der Waals surface area contributed by atoms with Crippen LogP contribution >= 0.6 is 0 Å². The summed E-state index contributed by atoms with van der Waals surface area (Å²) in [5.74, 6) is -1.13. The Morgan fingerprint density at radius 2 is 1.70 bits per heavy atom. The predicted octanol–water partition coefficient (Wildman–Crippen LogP) is -5.54. The van der Waals surface area contributed by atoms with Crippen LogP contribution in [0.3, 0.4) is 0 Å². The number of hydrogen-bond acceptors (Lipinski definition) is 5. The van der Waals surface area contributed by atoms with Crippen LogP contribution in [0.25, 0.3) is 0 Å². The van der Waals surface area contributed by atoms with Crippen molar-refractivity contribution in [3.05, 3.63) is 0 Å². The molecule has 0 atom stereocenters. The molecule has 8 heteroatoms. The van der Waals surface area contributed by atoms with Gasteiger partial charge in [-0.3, -0.25) is 0 Å². The molecule has 0 aromatic rings. The van der Waals surface area contributed by atoms with Crippen molar-refractivity contribution in [1.29, 1.82) is 0 Å². The monoisotopic (exact) mass is 194 g/mol. The Kier molecular flexibility index (Phi) is 11.0. The smallest absolute Gasteiger partial charge is 1.00 e. The molecule has 0 saturated carbocycles. The minimum Gasteiger partial charge on any atom is -1.00 e. The van der Waals surface area contributed by atoms with Gasteiger partial charge in [0.25, 0.3) is 6.17 Å². The van der Waals surface area contributed by atoms with Crippen molar-refractivity contribution in [3.8, 4) is 0 Å². The van der Waals surface area contributed by atoms with Gasteiger partial charge in [0.1, 0.15) is 0 Å². The number of carboxylic acid groups (broad SMARTS) is 1. The summed E-state index contributed by atoms with van der Waals surface area (Å²) in [6.45, 7) is 0. The van der Waals surface area contributed by atoms with Crippen molar-refractivity contribution in [2.75, 3.05) is 0 Å². The minimum atomic E-state index is -1.13. The van der Waals surface area contributed by atoms with E-state index in [9.17, 15) is 4.79 Å². The molecule has 0 radical (unpaired) electrons. The third-order valence-electron chi connectivity index (χ3n) is 0.583. The SMILES string of the molecule is O=C(O)C1N=NN=N1.[H-].[H-].[K+].[K+]. The molecule has 1 rings (SSSR count). The van der Waals surface area contributed by atoms with Crippen molar-refractivity contribution in [2.24, 2.45) is 20.7 Å². The maximum absolute atomic E-state index is 9.89. The fourth-order valence-corrected chi connectivity index (χ4v) is 0.266. The molecule has 0 bridgehead atoms. The van der Waals surface area contributed by atoms with Gasteiger partial charge in [-0.15, -0.1) is 10.2 Å². The Morgan fingerprint density at radius 3 is 1.90 bits per heavy atom. The van der Waals surface area contributed by atoms with Crippen LogP contribution in [0.2, 0.25) is 0 Å². The Labute approximate surface area is 145 Å². The van der Waals surface area contributed by atoms with Crippen LogP contribution in [0.5, 0.6) is 0 Å². The van der Waals surface area contributed by atoms with Crippen LogP contribution in [0.4, 0.5) is 0 Å². The Bertz CT molecular complexity index is 164. The second-order valence-corrected chi connectivity index (χ2v) is 1.12. The molecule has 6 nitrogen and oxygen atoms in total. The molecule has 0 aliphatic carbocycles. The molecule has 0 fully saturated rings. The first-order chi connectivity index (χ1) is 3.80. The number of rotatable bonds is 1. The van der Waals surface area contributed by atoms with Crippen LogP contribution in [-0.2, 0) is 4.79 Å². The van der Waals surface area contributed by atoms with Gasteiger partial charge in [0.15, 0.2) is 0 Å². The summed E-state index contributed by atoms with van der Waals surface area (Å²) in [6.07, 6.45) is -1.10. The predicted molar refractivity (Wildman–Crippen MR) is 23.4 cm³/mol. The Balaban J connectivity index is -0.0000000800. The first-order valence-corrected chi connectivity index (χ1v) is 1.83. The summed E-state index contributed by atoms with van der Waals surface area (Å²) < 4.78 is 0. The number of nitrogens with zero attached hydrogens (tertiary/aromatic N) is 4. The maximum atomic E-state index is 9.89. The normalized spacial score (nSPS) is 14.0. The topological polar surface area (TPSA) is 86.7 Å². The van der Waals surface area contributed by atoms with E-state index < -0.39 is 12.1 Å². The van der Waals surface area contributed by atoms with Crippen molar-refractivity contribution in [2.45, 2.75) is 6.17 Å². The molecule has 0 spiro atoms. The van der Waals surface area contributed by atoms with E-state index in [1.165, 1.54) is 0 Å². The summed E-state index contributed by atoms with van der Waals surface area (Å²) in [5, 5.41) is 20.3. The standard InChI is InChI=1S/C2H2N4O2.2K.2H/c7-2(8)1-3-5-6-4-1;;;;/h1H,(H,7,8);;;;/q;2*+1;2*-1. The van der Waals surface area contributed by atoms with E-state index in [1.54, 1.807) is 0 Å². The zero-order chi connectivity index (χ0) is 5.98. The van der Waals surface area contributed by atoms with Crippen LogP contribution in [0.15, 0.2) is 20.7 Å². The van der Waals surface area contributed by atoms with Crippen LogP contribution in [0, 0.1) is 0 Å². The van der Waals surface area contributed by atoms with Gasteiger partial charge in [0.2, 0.25) is 0 Å². The van der Waals surface area contributed by atoms with Crippen molar-refractivity contribution >= 4 is 5.97 Å². The number of carboxylic acids is 1. The molecule has 0 saturated heterocycles. The zero-order valence-corrected chi connectivity index (χ0v) is 12.0. The molecule has 1 N–H and O–H groups in total. The molecule has 0 amide bonds. The minimum absolute atomic E-state index is 0. The van der Waals surface area contributed by atoms with E-state index in [2.05, 4.69) is 20.7 Å². The number of hydrogen-bond donors (Lipinski definition) is 1. The van der Waals surface area contributed by atoms with Gasteiger partial charge >= 0.3 is 109 Å². The van der Waals surface area contributed by atoms with Gasteiger partial charge in [-0.2, -0.15) is 0 Å². The van der Waals surface area contributed by atoms with Crippen molar-refractivity contribution in [1.82, 2.24) is 0 Å². The fraction of sp³-hybridized carbons (Fsp3) is 0.500. The summed E-state index contributed by atoms with van der Waals surface area (Å²) in [4.78, 5) is 9.89. The first kappa shape index (κ1) is 14.5. The maximum Gasteiger partial charge on any atom is 1.00 e. The van der Waals surface area contributed by atoms with Crippen LogP contribution in [-0.4, -0.2) is 17.2 Å². The molecule has 10 heavy (non-hydrogen) atoms. The number of carbonyl (C=O) groups is 1. The van der Waals surface area contributed by atoms with Crippen LogP contribution < -0.4 is 103 Å². The Hall–Kier alpha value is 1.94. The molecular formula is C2H4K2N4O2. The van der Waals surface area contributed by atoms with E-state index in [0.29, 0.717) is 0 Å². The van der Waals surface area contributed by atoms with Gasteiger partial charge in [0, 0.05) is 0 Å². The molecule has 0 aromatic heterocycles. The van der Waals surface area contributed by atoms with Gasteiger partial charge in [-0.1, -0.05) is 0 Å². The van der Waals surface area contributed by atoms with E-state index in [1.807, 2.05) is 0 Å². The summed E-state index contributed by atoms with van der Waals surface area (Å²) in [5.41, 5.74) is 0. The third-order valence-corrected chi connectivity index (χ3v) is 0.583. The van der Waals surface area contributed by atoms with E-state index >= 15 is 0 Å². The summed E-state index contributed by atoms with van der Waals surface area (Å²) >= 11 is 0. The van der Waals surface area contributed by atoms with E-state index in [0.717, 1.165) is 0 Å². The summed E-state index contributed by atoms with van der Waals surface area (Å²) in [7, 11) is 0. The quantitative estimate of drug-likeness (QED) is 0.422. The van der Waals surface area contributed by atoms with E-state index in [4.69, 9.17) is 5.11 Å². The van der Waals surface area contributed by atoms with Crippen LogP contribution in [0.1, 0.15) is 2.85 Å². The molecular weight excluding hydrogens is 190 g/mol. The molecule has 1 heterocycles. The number of aliphatic carboxylic acids is 1. The fourth-order valence-electron chi connectivity index (χ4n) is 0.266. The van der Waals surface area contributed by atoms with Gasteiger partial charge in [-0.25, -0.2) is 4.79 Å². The molecule has 46 valence electrons. The molecule has 0 unspecified atom stereocenters. The van der Waals surface area contributed by atoms with Crippen molar-refractivity contribution in [3.63, 3.8) is 0 Å². The molecule has 0 aromatic carbocycles.